The van der Waals surface area contributed by atoms with E-state index in [1.807, 2.05) is 44.3 Å². The van der Waals surface area contributed by atoms with E-state index in [2.05, 4.69) is 72.4 Å². The van der Waals surface area contributed by atoms with Crippen molar-refractivity contribution in [3.05, 3.63) is 78.2 Å². The number of carbonyl (C=O) groups excluding carboxylic acids is 5. The third-order valence-electron chi connectivity index (χ3n) is 9.50. The molecule has 0 bridgehead atoms. The Balaban J connectivity index is 1.11. The number of nitrogens with zero attached hydrogens (tertiary/aromatic N) is 2. The zero-order chi connectivity index (χ0) is 38.6. The van der Waals surface area contributed by atoms with Crippen LogP contribution in [0.5, 0.6) is 0 Å². The summed E-state index contributed by atoms with van der Waals surface area (Å²) in [5, 5.41) is 12.9. The second kappa shape index (κ2) is 18.7. The number of benzene rings is 3. The molecule has 2 unspecified atom stereocenters. The van der Waals surface area contributed by atoms with Gasteiger partial charge in [-0.2, -0.15) is 0 Å². The molecule has 14 nitrogen and oxygen atoms in total. The zero-order valence-corrected chi connectivity index (χ0v) is 31.2. The van der Waals surface area contributed by atoms with Crippen LogP contribution >= 0.6 is 0 Å². The number of imidazole rings is 1. The molecule has 0 spiro atoms. The van der Waals surface area contributed by atoms with E-state index in [1.165, 1.54) is 14.2 Å². The van der Waals surface area contributed by atoms with E-state index in [0.717, 1.165) is 63.8 Å². The van der Waals surface area contributed by atoms with Gasteiger partial charge in [0.15, 0.2) is 0 Å². The number of likely N-dealkylation sites (tertiary alicyclic amines) is 1. The van der Waals surface area contributed by atoms with Gasteiger partial charge in [0.05, 0.1) is 32.7 Å². The number of aromatic nitrogens is 2. The summed E-state index contributed by atoms with van der Waals surface area (Å²) in [5.74, 6) is -0.0472. The number of ether oxygens (including phenoxy) is 2. The van der Waals surface area contributed by atoms with E-state index in [-0.39, 0.29) is 30.2 Å². The van der Waals surface area contributed by atoms with Gasteiger partial charge in [-0.3, -0.25) is 14.4 Å². The topological polar surface area (TPSA) is 184 Å². The number of hydrogen-bond donors (Lipinski definition) is 5. The second-order valence-corrected chi connectivity index (χ2v) is 13.6. The average molecular weight is 740 g/mol. The summed E-state index contributed by atoms with van der Waals surface area (Å²) >= 11 is 0. The molecule has 1 aliphatic heterocycles. The zero-order valence-electron chi connectivity index (χ0n) is 31.2. The molecule has 1 aromatic heterocycles. The quantitative estimate of drug-likeness (QED) is 0.109. The minimum atomic E-state index is -0.775. The number of nitrogens with one attached hydrogen (secondary N) is 5. The first kappa shape index (κ1) is 39.3. The maximum atomic E-state index is 13.3. The molecule has 1 saturated heterocycles. The Morgan fingerprint density at radius 1 is 0.852 bits per heavy atom. The Morgan fingerprint density at radius 3 is 2.24 bits per heavy atom. The molecule has 1 aliphatic rings. The maximum Gasteiger partial charge on any atom is 0.407 e. The van der Waals surface area contributed by atoms with E-state index < -0.39 is 24.3 Å². The molecule has 0 aliphatic carbocycles. The lowest BCUT2D eigenvalue weighted by Crippen LogP contribution is -2.55. The Labute approximate surface area is 314 Å². The van der Waals surface area contributed by atoms with E-state index in [9.17, 15) is 24.0 Å². The second-order valence-electron chi connectivity index (χ2n) is 13.6. The molecule has 5 amide bonds. The number of unbranched alkanes of at least 4 members (excludes halogenated alkanes) is 1. The summed E-state index contributed by atoms with van der Waals surface area (Å²) in [6, 6.07) is 19.4. The van der Waals surface area contributed by atoms with Crippen LogP contribution in [0.15, 0.2) is 66.9 Å². The highest BCUT2D eigenvalue weighted by molar-refractivity contribution is 5.92. The molecule has 3 aromatic carbocycles. The summed E-state index contributed by atoms with van der Waals surface area (Å²) in [6.45, 7) is 4.86. The molecule has 14 heteroatoms. The third-order valence-corrected chi connectivity index (χ3v) is 9.50. The highest BCUT2D eigenvalue weighted by Gasteiger charge is 2.38. The number of H-pyrrole nitrogens is 1. The minimum Gasteiger partial charge on any atom is -0.453 e. The van der Waals surface area contributed by atoms with Gasteiger partial charge in [-0.1, -0.05) is 62.4 Å². The average Bonchev–Trinajstić information content (AvgIpc) is 3.88. The van der Waals surface area contributed by atoms with Crippen LogP contribution in [0.2, 0.25) is 0 Å². The van der Waals surface area contributed by atoms with Gasteiger partial charge in [-0.15, -0.1) is 0 Å². The Morgan fingerprint density at radius 2 is 1.54 bits per heavy atom. The monoisotopic (exact) mass is 739 g/mol. The van der Waals surface area contributed by atoms with Crippen molar-refractivity contribution in [2.24, 2.45) is 5.92 Å². The summed E-state index contributed by atoms with van der Waals surface area (Å²) in [7, 11) is 2.50. The Hall–Kier alpha value is -5.92. The lowest BCUT2D eigenvalue weighted by atomic mass is 9.98. The first-order valence-electron chi connectivity index (χ1n) is 18.2. The molecule has 0 saturated carbocycles. The highest BCUT2D eigenvalue weighted by Crippen LogP contribution is 2.29. The van der Waals surface area contributed by atoms with Crippen molar-refractivity contribution < 1.29 is 33.4 Å². The molecule has 2 heterocycles. The standard InChI is InChI=1S/C40H49N7O7/c1-25(2)36(46-40(52)54-4)38(50)47-19-7-8-33(47)37(49)43-22-26-10-12-27(13-11-26)28-14-15-30-21-31(17-16-29(30)20-28)32-23-42-34(45-32)9-5-6-18-41-35(48)24-44-39(51)53-3/h10-17,20-21,23,25,33,36H,5-9,18-19,22,24H2,1-4H3,(H,41,48)(H,42,45)(H,43,49)(H,44,51)(H,46,52). The molecule has 4 aromatic rings. The van der Waals surface area contributed by atoms with Crippen molar-refractivity contribution in [3.8, 4) is 22.4 Å². The summed E-state index contributed by atoms with van der Waals surface area (Å²) < 4.78 is 9.14. The van der Waals surface area contributed by atoms with Crippen LogP contribution in [0, 0.1) is 5.92 Å². The van der Waals surface area contributed by atoms with Crippen LogP contribution in [0.1, 0.15) is 50.9 Å². The molecule has 5 N–H and O–H groups in total. The number of hydrogen-bond acceptors (Lipinski definition) is 8. The fourth-order valence-corrected chi connectivity index (χ4v) is 6.46. The molecule has 1 fully saturated rings. The van der Waals surface area contributed by atoms with E-state index in [0.29, 0.717) is 32.5 Å². The van der Waals surface area contributed by atoms with Gasteiger partial charge >= 0.3 is 12.2 Å². The number of aromatic amines is 1. The Kier molecular flexibility index (Phi) is 13.6. The van der Waals surface area contributed by atoms with Gasteiger partial charge in [0.2, 0.25) is 17.7 Å². The largest absolute Gasteiger partial charge is 0.453 e. The number of aryl methyl sites for hydroxylation is 1. The number of amides is 5. The number of methoxy groups -OCH3 is 2. The van der Waals surface area contributed by atoms with Crippen molar-refractivity contribution in [1.82, 2.24) is 36.1 Å². The Bertz CT molecular complexity index is 1940. The van der Waals surface area contributed by atoms with Gasteiger partial charge in [-0.05, 0) is 71.2 Å². The summed E-state index contributed by atoms with van der Waals surface area (Å²) in [5.41, 5.74) is 5.04. The van der Waals surface area contributed by atoms with Gasteiger partial charge < -0.3 is 40.6 Å². The molecule has 2 atom stereocenters. The fourth-order valence-electron chi connectivity index (χ4n) is 6.46. The van der Waals surface area contributed by atoms with Crippen molar-refractivity contribution in [2.45, 2.75) is 64.6 Å². The van der Waals surface area contributed by atoms with Gasteiger partial charge in [0, 0.05) is 31.6 Å². The van der Waals surface area contributed by atoms with Gasteiger partial charge in [0.1, 0.15) is 17.9 Å². The number of fused-ring (bicyclic) bond motifs is 1. The smallest absolute Gasteiger partial charge is 0.407 e. The lowest BCUT2D eigenvalue weighted by molar-refractivity contribution is -0.140. The van der Waals surface area contributed by atoms with Crippen LogP contribution in [-0.4, -0.2) is 90.7 Å². The van der Waals surface area contributed by atoms with Crippen molar-refractivity contribution in [1.29, 1.82) is 0 Å². The minimum absolute atomic E-state index is 0.120. The molecule has 0 radical (unpaired) electrons. The first-order valence-corrected chi connectivity index (χ1v) is 18.2. The van der Waals surface area contributed by atoms with Crippen molar-refractivity contribution in [3.63, 3.8) is 0 Å². The third kappa shape index (κ3) is 10.4. The number of rotatable bonds is 15. The maximum absolute atomic E-state index is 13.3. The van der Waals surface area contributed by atoms with Gasteiger partial charge in [0.25, 0.3) is 0 Å². The van der Waals surface area contributed by atoms with E-state index in [4.69, 9.17) is 4.74 Å². The highest BCUT2D eigenvalue weighted by atomic mass is 16.5. The van der Waals surface area contributed by atoms with Crippen molar-refractivity contribution in [2.75, 3.05) is 33.9 Å². The van der Waals surface area contributed by atoms with Crippen LogP contribution in [0.4, 0.5) is 9.59 Å². The first-order chi connectivity index (χ1) is 26.1. The molecular weight excluding hydrogens is 690 g/mol. The fraction of sp³-hybridized carbons (Fsp3) is 0.400. The summed E-state index contributed by atoms with van der Waals surface area (Å²) in [6.07, 6.45) is 4.16. The normalized spacial score (nSPS) is 14.4. The SMILES string of the molecule is COC(=O)NCC(=O)NCCCCc1ncc(-c2ccc3cc(-c4ccc(CNC(=O)C5CCCN5C(=O)C(NC(=O)OC)C(C)C)cc4)ccc3c2)[nH]1. The summed E-state index contributed by atoms with van der Waals surface area (Å²) in [4.78, 5) is 70.7. The number of alkyl carbamates (subject to hydrolysis) is 2. The van der Waals surface area contributed by atoms with Gasteiger partial charge in [-0.25, -0.2) is 14.6 Å². The number of carbonyl (C=O) groups is 5. The van der Waals surface area contributed by atoms with Crippen LogP contribution in [0.25, 0.3) is 33.2 Å². The van der Waals surface area contributed by atoms with E-state index in [1.54, 1.807) is 4.90 Å². The van der Waals surface area contributed by atoms with Crippen LogP contribution in [0.3, 0.4) is 0 Å². The molecule has 54 heavy (non-hydrogen) atoms. The molecule has 5 rings (SSSR count). The van der Waals surface area contributed by atoms with Crippen LogP contribution in [-0.2, 0) is 36.8 Å². The predicted octanol–water partition coefficient (Wildman–Crippen LogP) is 4.68. The molecule has 286 valence electrons. The van der Waals surface area contributed by atoms with Crippen LogP contribution < -0.4 is 21.3 Å². The van der Waals surface area contributed by atoms with E-state index >= 15 is 0 Å². The molecular formula is C40H49N7O7. The lowest BCUT2D eigenvalue weighted by Gasteiger charge is -2.30. The van der Waals surface area contributed by atoms with Crippen molar-refractivity contribution >= 4 is 40.7 Å². The predicted molar refractivity (Wildman–Crippen MR) is 204 cm³/mol.